The van der Waals surface area contributed by atoms with Gasteiger partial charge in [0.05, 0.1) is 5.92 Å². The zero-order valence-electron chi connectivity index (χ0n) is 9.16. The fourth-order valence-corrected chi connectivity index (χ4v) is 2.08. The molecule has 4 nitrogen and oxygen atoms in total. The number of hydrogen-bond donors (Lipinski definition) is 2. The molecule has 15 heavy (non-hydrogen) atoms. The summed E-state index contributed by atoms with van der Waals surface area (Å²) in [4.78, 5) is 22.3. The fraction of sp³-hybridized carbons (Fsp3) is 0.818. The van der Waals surface area contributed by atoms with Crippen molar-refractivity contribution in [3.8, 4) is 0 Å². The summed E-state index contributed by atoms with van der Waals surface area (Å²) in [6, 6.07) is -0.169. The molecule has 1 aliphatic rings. The maximum atomic E-state index is 11.3. The lowest BCUT2D eigenvalue weighted by Gasteiger charge is -2.22. The van der Waals surface area contributed by atoms with Crippen LogP contribution in [0.3, 0.4) is 0 Å². The first-order valence-electron chi connectivity index (χ1n) is 5.67. The Labute approximate surface area is 90.0 Å². The Morgan fingerprint density at radius 3 is 2.53 bits per heavy atom. The predicted molar refractivity (Wildman–Crippen MR) is 56.4 cm³/mol. The zero-order chi connectivity index (χ0) is 11.3. The summed E-state index contributed by atoms with van der Waals surface area (Å²) in [7, 11) is 0. The molecular weight excluding hydrogens is 194 g/mol. The molecule has 0 spiro atoms. The van der Waals surface area contributed by atoms with Crippen molar-refractivity contribution in [1.29, 1.82) is 0 Å². The van der Waals surface area contributed by atoms with E-state index in [4.69, 9.17) is 5.11 Å². The van der Waals surface area contributed by atoms with Crippen molar-refractivity contribution in [2.24, 2.45) is 5.92 Å². The molecule has 1 rings (SSSR count). The van der Waals surface area contributed by atoms with Crippen LogP contribution in [0.2, 0.25) is 0 Å². The first-order chi connectivity index (χ1) is 7.15. The van der Waals surface area contributed by atoms with Crippen molar-refractivity contribution in [3.63, 3.8) is 0 Å². The second kappa shape index (κ2) is 5.73. The lowest BCUT2D eigenvalue weighted by molar-refractivity contribution is -0.143. The third-order valence-electron chi connectivity index (χ3n) is 3.00. The maximum absolute atomic E-state index is 11.3. The summed E-state index contributed by atoms with van der Waals surface area (Å²) in [5, 5.41) is 11.9. The minimum Gasteiger partial charge on any atom is -0.481 e. The van der Waals surface area contributed by atoms with Gasteiger partial charge in [0, 0.05) is 12.5 Å². The highest BCUT2D eigenvalue weighted by Crippen LogP contribution is 2.23. The normalized spacial score (nSPS) is 26.7. The van der Waals surface area contributed by atoms with Gasteiger partial charge in [0.25, 0.3) is 0 Å². The van der Waals surface area contributed by atoms with Crippen molar-refractivity contribution in [2.45, 2.75) is 51.5 Å². The van der Waals surface area contributed by atoms with Crippen molar-refractivity contribution < 1.29 is 14.7 Å². The number of aliphatic carboxylic acids is 1. The SMILES string of the molecule is CCC(=O)NC1CCCCCC1C(=O)O. The second-order valence-electron chi connectivity index (χ2n) is 4.11. The van der Waals surface area contributed by atoms with Crippen LogP contribution in [-0.2, 0) is 9.59 Å². The van der Waals surface area contributed by atoms with E-state index in [9.17, 15) is 9.59 Å². The van der Waals surface area contributed by atoms with Gasteiger partial charge in [-0.25, -0.2) is 0 Å². The van der Waals surface area contributed by atoms with Gasteiger partial charge in [0.15, 0.2) is 0 Å². The molecule has 2 N–H and O–H groups in total. The number of carboxylic acid groups (broad SMARTS) is 1. The molecule has 86 valence electrons. The summed E-state index contributed by atoms with van der Waals surface area (Å²) >= 11 is 0. The standard InChI is InChI=1S/C11H19NO3/c1-2-10(13)12-9-7-5-3-4-6-8(9)11(14)15/h8-9H,2-7H2,1H3,(H,12,13)(H,14,15). The highest BCUT2D eigenvalue weighted by molar-refractivity contribution is 5.77. The Bertz CT molecular complexity index is 240. The molecule has 1 saturated carbocycles. The number of carbonyl (C=O) groups is 2. The van der Waals surface area contributed by atoms with Crippen molar-refractivity contribution in [1.82, 2.24) is 5.32 Å². The van der Waals surface area contributed by atoms with Crippen LogP contribution < -0.4 is 5.32 Å². The highest BCUT2D eigenvalue weighted by Gasteiger charge is 2.30. The average Bonchev–Trinajstić information content (AvgIpc) is 2.43. The number of hydrogen-bond acceptors (Lipinski definition) is 2. The van der Waals surface area contributed by atoms with Crippen LogP contribution in [0.5, 0.6) is 0 Å². The molecule has 0 radical (unpaired) electrons. The van der Waals surface area contributed by atoms with Crippen molar-refractivity contribution >= 4 is 11.9 Å². The van der Waals surface area contributed by atoms with Gasteiger partial charge in [0.1, 0.15) is 0 Å². The van der Waals surface area contributed by atoms with E-state index in [1.807, 2.05) is 0 Å². The smallest absolute Gasteiger partial charge is 0.308 e. The first kappa shape index (κ1) is 12.0. The van der Waals surface area contributed by atoms with Gasteiger partial charge in [-0.3, -0.25) is 9.59 Å². The molecule has 1 aliphatic carbocycles. The fourth-order valence-electron chi connectivity index (χ4n) is 2.08. The number of carboxylic acids is 1. The predicted octanol–water partition coefficient (Wildman–Crippen LogP) is 1.55. The first-order valence-corrected chi connectivity index (χ1v) is 5.67. The zero-order valence-corrected chi connectivity index (χ0v) is 9.16. The summed E-state index contributed by atoms with van der Waals surface area (Å²) < 4.78 is 0. The minimum absolute atomic E-state index is 0.0480. The summed E-state index contributed by atoms with van der Waals surface area (Å²) in [6.45, 7) is 1.78. The third-order valence-corrected chi connectivity index (χ3v) is 3.00. The lowest BCUT2D eigenvalue weighted by Crippen LogP contribution is -2.42. The number of carbonyl (C=O) groups excluding carboxylic acids is 1. The van der Waals surface area contributed by atoms with Gasteiger partial charge >= 0.3 is 5.97 Å². The molecule has 0 saturated heterocycles. The average molecular weight is 213 g/mol. The Morgan fingerprint density at radius 1 is 1.27 bits per heavy atom. The molecule has 1 amide bonds. The number of nitrogens with one attached hydrogen (secondary N) is 1. The topological polar surface area (TPSA) is 66.4 Å². The monoisotopic (exact) mass is 213 g/mol. The molecule has 1 fully saturated rings. The second-order valence-corrected chi connectivity index (χ2v) is 4.11. The van der Waals surface area contributed by atoms with Gasteiger partial charge in [-0.1, -0.05) is 26.2 Å². The van der Waals surface area contributed by atoms with Gasteiger partial charge in [0.2, 0.25) is 5.91 Å². The lowest BCUT2D eigenvalue weighted by atomic mass is 9.95. The van der Waals surface area contributed by atoms with E-state index in [1.165, 1.54) is 0 Å². The molecule has 0 aromatic carbocycles. The van der Waals surface area contributed by atoms with Crippen molar-refractivity contribution in [3.05, 3.63) is 0 Å². The number of rotatable bonds is 3. The summed E-state index contributed by atoms with van der Waals surface area (Å²) in [6.07, 6.45) is 4.94. The summed E-state index contributed by atoms with van der Waals surface area (Å²) in [5.74, 6) is -1.23. The van der Waals surface area contributed by atoms with Crippen LogP contribution in [-0.4, -0.2) is 23.0 Å². The van der Waals surface area contributed by atoms with Crippen LogP contribution in [0.1, 0.15) is 45.4 Å². The Hall–Kier alpha value is -1.06. The van der Waals surface area contributed by atoms with Crippen LogP contribution in [0.25, 0.3) is 0 Å². The Balaban J connectivity index is 2.61. The van der Waals surface area contributed by atoms with Crippen LogP contribution >= 0.6 is 0 Å². The molecule has 0 heterocycles. The maximum Gasteiger partial charge on any atom is 0.308 e. The van der Waals surface area contributed by atoms with E-state index >= 15 is 0 Å². The Morgan fingerprint density at radius 2 is 1.93 bits per heavy atom. The van der Waals surface area contributed by atoms with Gasteiger partial charge in [-0.05, 0) is 12.8 Å². The van der Waals surface area contributed by atoms with Gasteiger partial charge in [-0.15, -0.1) is 0 Å². The Kier molecular flexibility index (Phi) is 4.59. The summed E-state index contributed by atoms with van der Waals surface area (Å²) in [5.41, 5.74) is 0. The van der Waals surface area contributed by atoms with E-state index in [-0.39, 0.29) is 11.9 Å². The van der Waals surface area contributed by atoms with Gasteiger partial charge in [-0.2, -0.15) is 0 Å². The molecule has 0 bridgehead atoms. The third kappa shape index (κ3) is 3.53. The molecule has 0 aliphatic heterocycles. The van der Waals surface area contributed by atoms with E-state index in [1.54, 1.807) is 6.92 Å². The van der Waals surface area contributed by atoms with E-state index in [2.05, 4.69) is 5.32 Å². The van der Waals surface area contributed by atoms with Gasteiger partial charge < -0.3 is 10.4 Å². The largest absolute Gasteiger partial charge is 0.481 e. The molecule has 0 aromatic rings. The van der Waals surface area contributed by atoms with E-state index in [0.29, 0.717) is 12.8 Å². The quantitative estimate of drug-likeness (QED) is 0.699. The molecule has 2 unspecified atom stereocenters. The molecule has 4 heteroatoms. The van der Waals surface area contributed by atoms with E-state index in [0.717, 1.165) is 25.7 Å². The highest BCUT2D eigenvalue weighted by atomic mass is 16.4. The van der Waals surface area contributed by atoms with Crippen LogP contribution in [0.15, 0.2) is 0 Å². The van der Waals surface area contributed by atoms with E-state index < -0.39 is 11.9 Å². The number of amides is 1. The van der Waals surface area contributed by atoms with Crippen LogP contribution in [0, 0.1) is 5.92 Å². The van der Waals surface area contributed by atoms with Crippen LogP contribution in [0.4, 0.5) is 0 Å². The molecular formula is C11H19NO3. The minimum atomic E-state index is -0.779. The van der Waals surface area contributed by atoms with Crippen molar-refractivity contribution in [2.75, 3.05) is 0 Å². The molecule has 0 aromatic heterocycles. The molecule has 2 atom stereocenters.